The minimum absolute atomic E-state index is 0.00124. The van der Waals surface area contributed by atoms with Crippen LogP contribution in [0.15, 0.2) is 73.1 Å². The molecule has 0 aliphatic carbocycles. The van der Waals surface area contributed by atoms with Crippen molar-refractivity contribution in [3.8, 4) is 22.5 Å². The summed E-state index contributed by atoms with van der Waals surface area (Å²) in [6.45, 7) is 0.560. The average Bonchev–Trinajstić information content (AvgIpc) is 3.32. The largest absolute Gasteiger partial charge is 0.392 e. The van der Waals surface area contributed by atoms with Gasteiger partial charge in [-0.3, -0.25) is 0 Å². The number of aromatic nitrogens is 5. The van der Waals surface area contributed by atoms with Crippen molar-refractivity contribution < 1.29 is 5.11 Å². The Bertz CT molecular complexity index is 1210. The van der Waals surface area contributed by atoms with Crippen LogP contribution in [0.25, 0.3) is 33.5 Å². The van der Waals surface area contributed by atoms with Crippen LogP contribution < -0.4 is 0 Å². The Morgan fingerprint density at radius 1 is 0.926 bits per heavy atom. The summed E-state index contributed by atoms with van der Waals surface area (Å²) in [7, 11) is 0. The summed E-state index contributed by atoms with van der Waals surface area (Å²) >= 11 is 0. The first-order valence-corrected chi connectivity index (χ1v) is 8.76. The second-order valence-corrected chi connectivity index (χ2v) is 6.48. The van der Waals surface area contributed by atoms with Crippen LogP contribution in [0.5, 0.6) is 0 Å². The summed E-state index contributed by atoms with van der Waals surface area (Å²) in [4.78, 5) is 4.77. The Balaban J connectivity index is 1.52. The van der Waals surface area contributed by atoms with Crippen molar-refractivity contribution in [3.05, 3.63) is 78.6 Å². The Hall–Kier alpha value is -3.51. The van der Waals surface area contributed by atoms with Crippen LogP contribution in [-0.2, 0) is 13.3 Å². The lowest BCUT2D eigenvalue weighted by molar-refractivity contribution is 0.282. The van der Waals surface area contributed by atoms with Crippen LogP contribution >= 0.6 is 0 Å². The fourth-order valence-corrected chi connectivity index (χ4v) is 3.37. The van der Waals surface area contributed by atoms with Crippen LogP contribution in [-0.4, -0.2) is 29.7 Å². The summed E-state index contributed by atoms with van der Waals surface area (Å²) < 4.78 is 3.91. The number of aliphatic hydroxyl groups is 1. The van der Waals surface area contributed by atoms with E-state index in [4.69, 9.17) is 4.98 Å². The molecule has 3 aromatic rings. The third kappa shape index (κ3) is 2.76. The number of aliphatic hydroxyl groups excluding tert-OH is 1. The second-order valence-electron chi connectivity index (χ2n) is 6.48. The van der Waals surface area contributed by atoms with Gasteiger partial charge in [0.25, 0.3) is 0 Å². The molecule has 6 heteroatoms. The highest BCUT2D eigenvalue weighted by molar-refractivity contribution is 5.75. The fourth-order valence-electron chi connectivity index (χ4n) is 3.37. The van der Waals surface area contributed by atoms with Gasteiger partial charge in [0, 0.05) is 23.5 Å². The maximum Gasteiger partial charge on any atom is 0.118 e. The van der Waals surface area contributed by atoms with Gasteiger partial charge in [-0.2, -0.15) is 0 Å². The molecule has 0 saturated carbocycles. The van der Waals surface area contributed by atoms with Gasteiger partial charge in [0.15, 0.2) is 0 Å². The van der Waals surface area contributed by atoms with Gasteiger partial charge in [0.2, 0.25) is 0 Å². The van der Waals surface area contributed by atoms with E-state index >= 15 is 0 Å². The minimum Gasteiger partial charge on any atom is -0.392 e. The number of rotatable bonds is 4. The summed E-state index contributed by atoms with van der Waals surface area (Å²) in [5, 5.41) is 18.0. The van der Waals surface area contributed by atoms with Crippen molar-refractivity contribution in [2.75, 3.05) is 0 Å². The number of hydrogen-bond donors (Lipinski definition) is 1. The molecule has 0 atom stereocenters. The van der Waals surface area contributed by atoms with Crippen LogP contribution in [0.4, 0.5) is 0 Å². The van der Waals surface area contributed by atoms with E-state index in [9.17, 15) is 5.11 Å². The molecule has 132 valence electrons. The summed E-state index contributed by atoms with van der Waals surface area (Å²) in [5.41, 5.74) is 6.57. The standard InChI is InChI=1S/C21H17N5O/c27-13-16-5-1-2-6-17(16)19-11-15-9-10-25(12-20(15)22-19)14-26-21-8-4-3-7-18(21)23-24-26/h1-12,27H,13-14H2. The maximum atomic E-state index is 9.58. The number of pyridine rings is 1. The molecule has 6 nitrogen and oxygen atoms in total. The maximum absolute atomic E-state index is 9.58. The van der Waals surface area contributed by atoms with E-state index in [1.807, 2.05) is 76.2 Å². The molecule has 0 fully saturated rings. The van der Waals surface area contributed by atoms with E-state index in [-0.39, 0.29) is 6.61 Å². The summed E-state index contributed by atoms with van der Waals surface area (Å²) in [6, 6.07) is 19.8. The van der Waals surface area contributed by atoms with E-state index in [0.717, 1.165) is 39.1 Å². The van der Waals surface area contributed by atoms with Crippen molar-refractivity contribution in [2.24, 2.45) is 0 Å². The molecule has 0 spiro atoms. The summed E-state index contributed by atoms with van der Waals surface area (Å²) in [5.74, 6) is 0. The van der Waals surface area contributed by atoms with E-state index in [0.29, 0.717) is 6.67 Å². The van der Waals surface area contributed by atoms with Gasteiger partial charge < -0.3 is 9.67 Å². The van der Waals surface area contributed by atoms with Crippen molar-refractivity contribution in [3.63, 3.8) is 0 Å². The third-order valence-corrected chi connectivity index (χ3v) is 4.74. The molecule has 0 bridgehead atoms. The molecule has 1 aromatic heterocycles. The quantitative estimate of drug-likeness (QED) is 0.536. The summed E-state index contributed by atoms with van der Waals surface area (Å²) in [6.07, 6.45) is 4.03. The number of para-hydroxylation sites is 1. The van der Waals surface area contributed by atoms with Crippen molar-refractivity contribution in [1.29, 1.82) is 0 Å². The third-order valence-electron chi connectivity index (χ3n) is 4.74. The molecule has 3 heterocycles. The first kappa shape index (κ1) is 15.7. The van der Waals surface area contributed by atoms with Gasteiger partial charge in [0.05, 0.1) is 23.5 Å². The van der Waals surface area contributed by atoms with Crippen LogP contribution in [0, 0.1) is 0 Å². The van der Waals surface area contributed by atoms with Crippen LogP contribution in [0.1, 0.15) is 5.56 Å². The number of nitrogens with zero attached hydrogens (tertiary/aromatic N) is 5. The molecule has 0 unspecified atom stereocenters. The lowest BCUT2D eigenvalue weighted by Gasteiger charge is -2.08. The first-order valence-electron chi connectivity index (χ1n) is 8.76. The molecule has 0 radical (unpaired) electrons. The van der Waals surface area contributed by atoms with Crippen molar-refractivity contribution in [1.82, 2.24) is 24.5 Å². The monoisotopic (exact) mass is 355 g/mol. The Kier molecular flexibility index (Phi) is 3.69. The normalized spacial score (nSPS) is 11.4. The molecule has 0 amide bonds. The topological polar surface area (TPSA) is 68.8 Å². The average molecular weight is 355 g/mol. The zero-order chi connectivity index (χ0) is 18.2. The highest BCUT2D eigenvalue weighted by Gasteiger charge is 2.13. The predicted octanol–water partition coefficient (Wildman–Crippen LogP) is 3.40. The zero-order valence-corrected chi connectivity index (χ0v) is 14.5. The highest BCUT2D eigenvalue weighted by atomic mass is 16.3. The van der Waals surface area contributed by atoms with E-state index in [1.54, 1.807) is 0 Å². The lowest BCUT2D eigenvalue weighted by Crippen LogP contribution is -2.09. The Morgan fingerprint density at radius 2 is 1.78 bits per heavy atom. The SMILES string of the molecule is OCc1ccccc1-c1cc2ccn(Cn3nnc4ccccc43)cc-2n1. The van der Waals surface area contributed by atoms with Crippen molar-refractivity contribution in [2.45, 2.75) is 13.3 Å². The fraction of sp³-hybridized carbons (Fsp3) is 0.0952. The van der Waals surface area contributed by atoms with Gasteiger partial charge in [0.1, 0.15) is 12.2 Å². The molecular formula is C21H17N5O. The predicted molar refractivity (Wildman–Crippen MR) is 103 cm³/mol. The molecule has 2 aromatic carbocycles. The van der Waals surface area contributed by atoms with Gasteiger partial charge in [-0.25, -0.2) is 9.67 Å². The van der Waals surface area contributed by atoms with Crippen LogP contribution in [0.3, 0.4) is 0 Å². The number of hydrogen-bond acceptors (Lipinski definition) is 4. The lowest BCUT2D eigenvalue weighted by atomic mass is 10.1. The number of benzene rings is 2. The second kappa shape index (κ2) is 6.34. The van der Waals surface area contributed by atoms with E-state index in [1.165, 1.54) is 0 Å². The molecule has 5 rings (SSSR count). The van der Waals surface area contributed by atoms with Gasteiger partial charge in [-0.05, 0) is 29.8 Å². The highest BCUT2D eigenvalue weighted by Crippen LogP contribution is 2.30. The number of fused-ring (bicyclic) bond motifs is 2. The van der Waals surface area contributed by atoms with Gasteiger partial charge in [-0.15, -0.1) is 5.10 Å². The Morgan fingerprint density at radius 3 is 2.70 bits per heavy atom. The van der Waals surface area contributed by atoms with Gasteiger partial charge >= 0.3 is 0 Å². The molecule has 2 aliphatic rings. The van der Waals surface area contributed by atoms with Crippen molar-refractivity contribution >= 4 is 11.0 Å². The molecule has 0 saturated heterocycles. The smallest absolute Gasteiger partial charge is 0.118 e. The van der Waals surface area contributed by atoms with E-state index in [2.05, 4.69) is 16.4 Å². The first-order chi connectivity index (χ1) is 13.3. The Labute approximate surface area is 155 Å². The molecule has 2 aliphatic heterocycles. The molecule has 1 N–H and O–H groups in total. The van der Waals surface area contributed by atoms with Crippen LogP contribution in [0.2, 0.25) is 0 Å². The molecular weight excluding hydrogens is 338 g/mol. The van der Waals surface area contributed by atoms with E-state index < -0.39 is 0 Å². The zero-order valence-electron chi connectivity index (χ0n) is 14.5. The minimum atomic E-state index is -0.00124. The molecule has 27 heavy (non-hydrogen) atoms. The van der Waals surface area contributed by atoms with Gasteiger partial charge in [-0.1, -0.05) is 41.6 Å².